The molecule has 3 aliphatic rings. The first-order chi connectivity index (χ1) is 35.3. The van der Waals surface area contributed by atoms with Crippen molar-refractivity contribution in [2.75, 3.05) is 19.7 Å². The minimum Gasteiger partial charge on any atom is -0.463 e. The van der Waals surface area contributed by atoms with Gasteiger partial charge in [0.2, 0.25) is 5.91 Å². The Morgan fingerprint density at radius 2 is 1.14 bits per heavy atom. The molecule has 4 amide bonds. The highest BCUT2D eigenvalue weighted by atomic mass is 16.7. The van der Waals surface area contributed by atoms with Crippen LogP contribution in [0.2, 0.25) is 0 Å². The molecule has 3 fully saturated rings. The summed E-state index contributed by atoms with van der Waals surface area (Å²) < 4.78 is 50.0. The number of nitrogens with two attached hydrogens (primary N) is 1. The van der Waals surface area contributed by atoms with Gasteiger partial charge in [0.05, 0.1) is 18.3 Å². The molecular formula is C49H85N5O22. The molecule has 76 heavy (non-hydrogen) atoms. The van der Waals surface area contributed by atoms with E-state index in [0.717, 1.165) is 25.5 Å². The number of unbranched alkanes of at least 4 members (excludes halogenated alkanes) is 5. The number of carbonyl (C=O) groups excluding carboxylic acids is 6. The van der Waals surface area contributed by atoms with Crippen LogP contribution in [-0.2, 0) is 57.0 Å². The van der Waals surface area contributed by atoms with E-state index in [9.17, 15) is 64.5 Å². The minimum atomic E-state index is -2.00. The molecule has 0 spiro atoms. The fourth-order valence-electron chi connectivity index (χ4n) is 8.22. The van der Waals surface area contributed by atoms with Crippen LogP contribution in [0, 0.1) is 0 Å². The lowest BCUT2D eigenvalue weighted by Crippen LogP contribution is -2.70. The number of hydrogen-bond donors (Lipinski definition) is 12. The molecule has 0 unspecified atom stereocenters. The van der Waals surface area contributed by atoms with Crippen LogP contribution in [0.1, 0.15) is 127 Å². The molecule has 13 N–H and O–H groups in total. The smallest absolute Gasteiger partial charge is 0.408 e. The van der Waals surface area contributed by atoms with E-state index in [0.29, 0.717) is 19.3 Å². The zero-order valence-corrected chi connectivity index (χ0v) is 45.0. The molecule has 3 rings (SSSR count). The Morgan fingerprint density at radius 1 is 0.632 bits per heavy atom. The van der Waals surface area contributed by atoms with Crippen LogP contribution in [0.25, 0.3) is 0 Å². The van der Waals surface area contributed by atoms with Crippen molar-refractivity contribution >= 4 is 36.1 Å². The van der Waals surface area contributed by atoms with Crippen LogP contribution >= 0.6 is 0 Å². The van der Waals surface area contributed by atoms with Crippen molar-refractivity contribution in [3.8, 4) is 0 Å². The highest BCUT2D eigenvalue weighted by Gasteiger charge is 2.54. The predicted octanol–water partition coefficient (Wildman–Crippen LogP) is -0.368. The van der Waals surface area contributed by atoms with Crippen LogP contribution in [0.3, 0.4) is 0 Å². The summed E-state index contributed by atoms with van der Waals surface area (Å²) in [7, 11) is 0. The van der Waals surface area contributed by atoms with E-state index in [4.69, 9.17) is 48.4 Å². The van der Waals surface area contributed by atoms with Gasteiger partial charge in [0.25, 0.3) is 0 Å². The summed E-state index contributed by atoms with van der Waals surface area (Å²) in [6.45, 7) is 16.5. The van der Waals surface area contributed by atoms with E-state index in [1.165, 1.54) is 0 Å². The van der Waals surface area contributed by atoms with Crippen molar-refractivity contribution < 1.29 is 107 Å². The molecule has 0 radical (unpaired) electrons. The number of aliphatic hydroxyl groups is 7. The number of amides is 4. The first-order valence-electron chi connectivity index (χ1n) is 25.6. The standard InChI is InChI=1S/C49H85N5O22/c1-11-68-30(56)18-16-14-12-13-15-17-19-31(57)69-24-29-33(58)32(54-46(67)76-49(8,9)10)35(60)42(71-29)73-40-26(53-41(64)27(55)20-21-51-44(65)74-47(2,3)4)22-25(50)39(38(40)63)72-43-37(62)36(61)34(59)28(70-43)23-52-45(66)75-48(5,6)7/h11,25-29,32-40,42-43,55,58-63H,1,12-24,50H2,2-10H3,(H,51,65)(H,52,66)(H,53,64)(H,54,67)/t25-,26+,27-,28+,29+,32-,33+,34+,35+,36-,37+,38-,39+,40-,42+,43+/m0/s1. The second-order valence-electron chi connectivity index (χ2n) is 22.0. The second kappa shape index (κ2) is 30.0. The predicted molar refractivity (Wildman–Crippen MR) is 264 cm³/mol. The van der Waals surface area contributed by atoms with Crippen molar-refractivity contribution in [2.45, 2.75) is 241 Å². The van der Waals surface area contributed by atoms with Crippen molar-refractivity contribution in [1.82, 2.24) is 21.3 Å². The zero-order chi connectivity index (χ0) is 57.3. The van der Waals surface area contributed by atoms with Crippen LogP contribution in [0.4, 0.5) is 14.4 Å². The van der Waals surface area contributed by atoms with E-state index in [-0.39, 0.29) is 38.2 Å². The fraction of sp³-hybridized carbons (Fsp3) is 0.837. The van der Waals surface area contributed by atoms with Gasteiger partial charge in [0.15, 0.2) is 12.6 Å². The molecule has 2 saturated heterocycles. The maximum Gasteiger partial charge on any atom is 0.408 e. The van der Waals surface area contributed by atoms with Gasteiger partial charge in [-0.3, -0.25) is 14.4 Å². The number of alkyl carbamates (subject to hydrolysis) is 3. The van der Waals surface area contributed by atoms with E-state index >= 15 is 0 Å². The molecule has 0 aromatic carbocycles. The molecule has 2 heterocycles. The van der Waals surface area contributed by atoms with Gasteiger partial charge in [0.1, 0.15) is 90.6 Å². The molecule has 2 aliphatic heterocycles. The quantitative estimate of drug-likeness (QED) is 0.0254. The Hall–Kier alpha value is -4.52. The normalized spacial score (nSPS) is 30.4. The van der Waals surface area contributed by atoms with Crippen LogP contribution in [0.15, 0.2) is 12.8 Å². The molecule has 1 saturated carbocycles. The molecular weight excluding hydrogens is 1010 g/mol. The van der Waals surface area contributed by atoms with Gasteiger partial charge < -0.3 is 105 Å². The van der Waals surface area contributed by atoms with Crippen molar-refractivity contribution in [3.63, 3.8) is 0 Å². The van der Waals surface area contributed by atoms with Crippen molar-refractivity contribution in [2.24, 2.45) is 5.73 Å². The van der Waals surface area contributed by atoms with Gasteiger partial charge in [-0.05, 0) is 88.0 Å². The zero-order valence-electron chi connectivity index (χ0n) is 45.0. The van der Waals surface area contributed by atoms with Crippen LogP contribution in [-0.4, -0.2) is 206 Å². The molecule has 0 aromatic heterocycles. The van der Waals surface area contributed by atoms with E-state index in [1.807, 2.05) is 0 Å². The highest BCUT2D eigenvalue weighted by Crippen LogP contribution is 2.33. The van der Waals surface area contributed by atoms with Crippen molar-refractivity contribution in [1.29, 1.82) is 0 Å². The number of aliphatic hydroxyl groups excluding tert-OH is 7. The number of hydrogen-bond acceptors (Lipinski definition) is 23. The summed E-state index contributed by atoms with van der Waals surface area (Å²) in [6, 6.07) is -4.33. The van der Waals surface area contributed by atoms with Gasteiger partial charge >= 0.3 is 30.2 Å². The Kier molecular flexibility index (Phi) is 26.0. The monoisotopic (exact) mass is 1100 g/mol. The molecule has 438 valence electrons. The van der Waals surface area contributed by atoms with E-state index < -0.39 is 158 Å². The average Bonchev–Trinajstić information content (AvgIpc) is 3.29. The lowest BCUT2D eigenvalue weighted by molar-refractivity contribution is -0.333. The number of rotatable bonds is 24. The second-order valence-corrected chi connectivity index (χ2v) is 22.0. The molecule has 27 nitrogen and oxygen atoms in total. The number of nitrogens with one attached hydrogen (secondary N) is 4. The Balaban J connectivity index is 1.89. The first kappa shape index (κ1) is 65.8. The SMILES string of the molecule is C=COC(=O)CCCCCCCCC(=O)OC[C@H]1O[C@H](O[C@@H]2[C@@H](O)[C@H](O[C@H]3O[C@H](CNC(=O)OC(C)(C)C)[C@@H](O)[C@H](O)[C@H]3O)[C@@H](N)C[C@H]2NC(=O)[C@@H](O)CCNC(=O)OC(C)(C)C)[C@H](O)[C@@H](NC(=O)OC(C)(C)C)[C@@H]1O. The van der Waals surface area contributed by atoms with E-state index in [1.54, 1.807) is 62.3 Å². The van der Waals surface area contributed by atoms with Gasteiger partial charge in [-0.15, -0.1) is 0 Å². The lowest BCUT2D eigenvalue weighted by Gasteiger charge is -2.49. The van der Waals surface area contributed by atoms with E-state index in [2.05, 4.69) is 27.8 Å². The van der Waals surface area contributed by atoms with Gasteiger partial charge in [0, 0.05) is 32.0 Å². The fourth-order valence-corrected chi connectivity index (χ4v) is 8.22. The summed E-state index contributed by atoms with van der Waals surface area (Å²) in [5, 5.41) is 88.8. The number of esters is 2. The van der Waals surface area contributed by atoms with Crippen molar-refractivity contribution in [3.05, 3.63) is 12.8 Å². The lowest BCUT2D eigenvalue weighted by atomic mass is 9.83. The maximum absolute atomic E-state index is 13.6. The third-order valence-corrected chi connectivity index (χ3v) is 11.9. The summed E-state index contributed by atoms with van der Waals surface area (Å²) in [5.74, 6) is -2.07. The Bertz CT molecular complexity index is 1880. The molecule has 1 aliphatic carbocycles. The molecule has 0 bridgehead atoms. The summed E-state index contributed by atoms with van der Waals surface area (Å²) in [4.78, 5) is 75.8. The third-order valence-electron chi connectivity index (χ3n) is 11.9. The molecule has 27 heteroatoms. The van der Waals surface area contributed by atoms with Gasteiger partial charge in [-0.2, -0.15) is 0 Å². The average molecular weight is 1100 g/mol. The largest absolute Gasteiger partial charge is 0.463 e. The number of carbonyl (C=O) groups is 6. The number of ether oxygens (including phenoxy) is 9. The maximum atomic E-state index is 13.6. The van der Waals surface area contributed by atoms with Gasteiger partial charge in [-0.25, -0.2) is 14.4 Å². The summed E-state index contributed by atoms with van der Waals surface area (Å²) in [5.41, 5.74) is 3.78. The summed E-state index contributed by atoms with van der Waals surface area (Å²) >= 11 is 0. The topological polar surface area (TPSA) is 401 Å². The molecule has 16 atom stereocenters. The summed E-state index contributed by atoms with van der Waals surface area (Å²) in [6.07, 6.45) is -21.5. The van der Waals surface area contributed by atoms with Gasteiger partial charge in [-0.1, -0.05) is 32.3 Å². The first-order valence-corrected chi connectivity index (χ1v) is 25.6. The molecule has 0 aromatic rings. The van der Waals surface area contributed by atoms with Crippen LogP contribution < -0.4 is 27.0 Å². The van der Waals surface area contributed by atoms with Crippen LogP contribution in [0.5, 0.6) is 0 Å². The Morgan fingerprint density at radius 3 is 1.72 bits per heavy atom. The minimum absolute atomic E-state index is 0.0206. The highest BCUT2D eigenvalue weighted by molar-refractivity contribution is 5.81. The third kappa shape index (κ3) is 22.4. The Labute approximate surface area is 443 Å².